The third kappa shape index (κ3) is 4.40. The average molecular weight is 628 g/mol. The molecular formula is C48H30O. The van der Waals surface area contributed by atoms with Crippen molar-refractivity contribution in [1.29, 1.82) is 0 Å². The Hall–Kier alpha value is -6.44. The first kappa shape index (κ1) is 23.0. The van der Waals surface area contributed by atoms with Gasteiger partial charge in [0, 0.05) is 16.2 Å². The van der Waals surface area contributed by atoms with E-state index in [-0.39, 0.29) is 29.7 Å². The Labute approximate surface area is 291 Å². The normalized spacial score (nSPS) is 13.1. The highest BCUT2D eigenvalue weighted by Gasteiger charge is 2.19. The molecule has 0 unspecified atom stereocenters. The maximum absolute atomic E-state index is 8.95. The van der Waals surface area contributed by atoms with Gasteiger partial charge in [-0.05, 0) is 95.7 Å². The molecule has 0 aliphatic heterocycles. The summed E-state index contributed by atoms with van der Waals surface area (Å²) in [6.07, 6.45) is 0. The number of furan rings is 1. The molecule has 0 amide bonds. The van der Waals surface area contributed by atoms with Crippen LogP contribution in [0.1, 0.15) is 6.85 Å². The second kappa shape index (κ2) is 11.1. The molecule has 10 aromatic rings. The number of benzene rings is 9. The third-order valence-corrected chi connectivity index (χ3v) is 9.74. The second-order valence-corrected chi connectivity index (χ2v) is 12.4. The number of rotatable bonds is 4. The van der Waals surface area contributed by atoms with E-state index in [2.05, 4.69) is 97.1 Å². The Morgan fingerprint density at radius 3 is 1.65 bits per heavy atom. The van der Waals surface area contributed by atoms with Crippen molar-refractivity contribution in [2.24, 2.45) is 0 Å². The van der Waals surface area contributed by atoms with E-state index in [9.17, 15) is 0 Å². The quantitative estimate of drug-likeness (QED) is 0.177. The van der Waals surface area contributed by atoms with Crippen molar-refractivity contribution >= 4 is 54.3 Å². The summed E-state index contributed by atoms with van der Waals surface area (Å²) >= 11 is 0. The SMILES string of the molecule is [2H]c1c([2H])c([2H])c(-c2cc(-c3c4ccccc4c(-c4ccc5oc6c7ccccc7ccc6c5c4)c4ccccc34)ccc2-c2ccccc2)c([2H])c1[2H]. The van der Waals surface area contributed by atoms with Crippen LogP contribution in [-0.2, 0) is 0 Å². The summed E-state index contributed by atoms with van der Waals surface area (Å²) in [6.45, 7) is 0. The molecule has 0 atom stereocenters. The first-order valence-electron chi connectivity index (χ1n) is 18.9. The van der Waals surface area contributed by atoms with Crippen LogP contribution < -0.4 is 0 Å². The van der Waals surface area contributed by atoms with Gasteiger partial charge in [0.05, 0.1) is 6.85 Å². The summed E-state index contributed by atoms with van der Waals surface area (Å²) in [4.78, 5) is 0. The molecule has 0 aliphatic carbocycles. The standard InChI is InChI=1S/C48H30O/c1-3-13-31(14-4-1)36-26-24-34(29-43(36)32-15-5-2-6-16-32)46-38-19-9-11-21-40(38)47(41-22-12-10-20-39(41)46)35-25-28-45-44(30-35)42-27-23-33-17-7-8-18-37(33)48(42)49-45/h1-30H/i2D,5D,6D,15D,16D. The molecule has 0 aliphatic rings. The van der Waals surface area contributed by atoms with E-state index < -0.39 is 6.04 Å². The fraction of sp³-hybridized carbons (Fsp3) is 0. The van der Waals surface area contributed by atoms with Gasteiger partial charge in [0.15, 0.2) is 0 Å². The van der Waals surface area contributed by atoms with E-state index in [0.29, 0.717) is 5.56 Å². The van der Waals surface area contributed by atoms with Gasteiger partial charge in [0.1, 0.15) is 11.2 Å². The van der Waals surface area contributed by atoms with E-state index in [1.807, 2.05) is 54.6 Å². The summed E-state index contributed by atoms with van der Waals surface area (Å²) in [5.41, 5.74) is 8.28. The largest absolute Gasteiger partial charge is 0.455 e. The lowest BCUT2D eigenvalue weighted by Crippen LogP contribution is -1.92. The molecule has 10 rings (SSSR count). The lowest BCUT2D eigenvalue weighted by molar-refractivity contribution is 0.672. The zero-order valence-corrected chi connectivity index (χ0v) is 26.3. The Balaban J connectivity index is 1.26. The Morgan fingerprint density at radius 1 is 0.367 bits per heavy atom. The van der Waals surface area contributed by atoms with Crippen molar-refractivity contribution in [3.05, 3.63) is 182 Å². The minimum atomic E-state index is -0.409. The Bertz CT molecular complexity index is 3080. The second-order valence-electron chi connectivity index (χ2n) is 12.4. The Morgan fingerprint density at radius 2 is 0.959 bits per heavy atom. The van der Waals surface area contributed by atoms with Crippen molar-refractivity contribution in [3.8, 4) is 44.5 Å². The number of hydrogen-bond acceptors (Lipinski definition) is 1. The van der Waals surface area contributed by atoms with Gasteiger partial charge < -0.3 is 4.42 Å². The van der Waals surface area contributed by atoms with Gasteiger partial charge >= 0.3 is 0 Å². The van der Waals surface area contributed by atoms with E-state index in [1.54, 1.807) is 0 Å². The molecule has 0 saturated carbocycles. The molecule has 0 bridgehead atoms. The lowest BCUT2D eigenvalue weighted by Gasteiger charge is -2.19. The van der Waals surface area contributed by atoms with Crippen LogP contribution in [-0.4, -0.2) is 0 Å². The average Bonchev–Trinajstić information content (AvgIpc) is 3.60. The predicted molar refractivity (Wildman–Crippen MR) is 208 cm³/mol. The van der Waals surface area contributed by atoms with Crippen molar-refractivity contribution in [2.75, 3.05) is 0 Å². The molecule has 1 heteroatoms. The van der Waals surface area contributed by atoms with E-state index in [1.165, 1.54) is 0 Å². The zero-order valence-electron chi connectivity index (χ0n) is 31.3. The van der Waals surface area contributed by atoms with Crippen LogP contribution in [0, 0.1) is 0 Å². The van der Waals surface area contributed by atoms with Gasteiger partial charge in [-0.2, -0.15) is 0 Å². The van der Waals surface area contributed by atoms with Crippen LogP contribution in [0.3, 0.4) is 0 Å². The fourth-order valence-electron chi connectivity index (χ4n) is 7.57. The molecule has 0 spiro atoms. The molecule has 0 N–H and O–H groups in total. The highest BCUT2D eigenvalue weighted by molar-refractivity contribution is 6.23. The van der Waals surface area contributed by atoms with E-state index in [0.717, 1.165) is 87.6 Å². The molecule has 0 fully saturated rings. The summed E-state index contributed by atoms with van der Waals surface area (Å²) in [5, 5.41) is 8.64. The van der Waals surface area contributed by atoms with E-state index >= 15 is 0 Å². The Kier molecular flexibility index (Phi) is 5.20. The summed E-state index contributed by atoms with van der Waals surface area (Å²) in [7, 11) is 0. The monoisotopic (exact) mass is 627 g/mol. The van der Waals surface area contributed by atoms with Gasteiger partial charge in [-0.3, -0.25) is 0 Å². The minimum absolute atomic E-state index is 0.181. The van der Waals surface area contributed by atoms with Gasteiger partial charge in [-0.15, -0.1) is 0 Å². The van der Waals surface area contributed by atoms with Gasteiger partial charge in [0.25, 0.3) is 0 Å². The summed E-state index contributed by atoms with van der Waals surface area (Å²) in [6, 6.07) is 50.3. The first-order chi connectivity index (χ1) is 26.4. The van der Waals surface area contributed by atoms with Gasteiger partial charge in [-0.1, -0.05) is 158 Å². The maximum Gasteiger partial charge on any atom is 0.143 e. The van der Waals surface area contributed by atoms with Crippen LogP contribution in [0.25, 0.3) is 98.8 Å². The predicted octanol–water partition coefficient (Wildman–Crippen LogP) is 13.7. The number of fused-ring (bicyclic) bond motifs is 7. The van der Waals surface area contributed by atoms with E-state index in [4.69, 9.17) is 11.3 Å². The molecule has 0 radical (unpaired) electrons. The van der Waals surface area contributed by atoms with Crippen LogP contribution in [0.4, 0.5) is 0 Å². The highest BCUT2D eigenvalue weighted by Crippen LogP contribution is 2.46. The highest BCUT2D eigenvalue weighted by atomic mass is 16.3. The van der Waals surface area contributed by atoms with Crippen molar-refractivity contribution in [2.45, 2.75) is 0 Å². The van der Waals surface area contributed by atoms with Crippen molar-refractivity contribution in [3.63, 3.8) is 0 Å². The summed E-state index contributed by atoms with van der Waals surface area (Å²) in [5.74, 6) is 0. The minimum Gasteiger partial charge on any atom is -0.455 e. The van der Waals surface area contributed by atoms with Gasteiger partial charge in [-0.25, -0.2) is 0 Å². The molecular weight excluding hydrogens is 593 g/mol. The first-order valence-corrected chi connectivity index (χ1v) is 16.4. The zero-order chi connectivity index (χ0) is 36.7. The fourth-order valence-corrected chi connectivity index (χ4v) is 7.57. The molecule has 1 heterocycles. The van der Waals surface area contributed by atoms with Crippen LogP contribution in [0.15, 0.2) is 186 Å². The molecule has 228 valence electrons. The third-order valence-electron chi connectivity index (χ3n) is 9.74. The molecule has 1 aromatic heterocycles. The van der Waals surface area contributed by atoms with Crippen molar-refractivity contribution in [1.82, 2.24) is 0 Å². The van der Waals surface area contributed by atoms with Gasteiger partial charge in [0.2, 0.25) is 0 Å². The topological polar surface area (TPSA) is 13.1 Å². The molecule has 49 heavy (non-hydrogen) atoms. The summed E-state index contributed by atoms with van der Waals surface area (Å²) < 4.78 is 49.7. The maximum atomic E-state index is 8.95. The lowest BCUT2D eigenvalue weighted by atomic mass is 9.84. The van der Waals surface area contributed by atoms with Crippen LogP contribution in [0.5, 0.6) is 0 Å². The molecule has 0 saturated heterocycles. The molecule has 1 nitrogen and oxygen atoms in total. The van der Waals surface area contributed by atoms with Crippen LogP contribution in [0.2, 0.25) is 0 Å². The smallest absolute Gasteiger partial charge is 0.143 e. The number of hydrogen-bond donors (Lipinski definition) is 0. The van der Waals surface area contributed by atoms with Crippen molar-refractivity contribution < 1.29 is 11.3 Å². The van der Waals surface area contributed by atoms with Crippen LogP contribution >= 0.6 is 0 Å². The molecule has 9 aromatic carbocycles.